The third-order valence-corrected chi connectivity index (χ3v) is 11.8. The van der Waals surface area contributed by atoms with Gasteiger partial charge in [-0.2, -0.15) is 0 Å². The summed E-state index contributed by atoms with van der Waals surface area (Å²) >= 11 is 0. The van der Waals surface area contributed by atoms with E-state index >= 15 is 0 Å². The van der Waals surface area contributed by atoms with Crippen molar-refractivity contribution in [1.82, 2.24) is 9.13 Å². The Balaban J connectivity index is 1.32. The molecule has 250 valence electrons. The van der Waals surface area contributed by atoms with E-state index in [9.17, 15) is 0 Å². The van der Waals surface area contributed by atoms with Gasteiger partial charge in [0.25, 0.3) is 6.71 Å². The maximum atomic E-state index is 7.09. The smallest absolute Gasteiger partial charge is 0.297 e. The van der Waals surface area contributed by atoms with Gasteiger partial charge in [-0.1, -0.05) is 106 Å². The Labute approximate surface area is 307 Å². The van der Waals surface area contributed by atoms with Gasteiger partial charge in [0.2, 0.25) is 0 Å². The highest BCUT2D eigenvalue weighted by Gasteiger charge is 2.46. The first-order valence-corrected chi connectivity index (χ1v) is 18.6. The Morgan fingerprint density at radius 2 is 1.21 bits per heavy atom. The molecule has 53 heavy (non-hydrogen) atoms. The third-order valence-electron chi connectivity index (χ3n) is 11.8. The molecule has 12 rings (SSSR count). The van der Waals surface area contributed by atoms with Crippen LogP contribution in [-0.4, -0.2) is 15.8 Å². The number of aromatic nitrogens is 2. The molecule has 0 unspecified atom stereocenters. The molecule has 0 bridgehead atoms. The van der Waals surface area contributed by atoms with Crippen LogP contribution >= 0.6 is 0 Å². The number of furan rings is 1. The second kappa shape index (κ2) is 10.1. The van der Waals surface area contributed by atoms with Gasteiger partial charge in [-0.15, -0.1) is 0 Å². The van der Waals surface area contributed by atoms with Crippen LogP contribution in [0.2, 0.25) is 0 Å². The van der Waals surface area contributed by atoms with E-state index < -0.39 is 0 Å². The van der Waals surface area contributed by atoms with E-state index in [1.165, 1.54) is 71.5 Å². The molecule has 7 aromatic carbocycles. The number of fused-ring (bicyclic) bond motifs is 13. The topological polar surface area (TPSA) is 26.2 Å². The van der Waals surface area contributed by atoms with Crippen LogP contribution in [-0.2, 0) is 5.41 Å². The summed E-state index contributed by atoms with van der Waals surface area (Å²) in [6, 6.07) is 55.6. The molecule has 0 aliphatic carbocycles. The molecule has 0 amide bonds. The van der Waals surface area contributed by atoms with E-state index in [-0.39, 0.29) is 12.1 Å². The number of hydrogen-bond donors (Lipinski definition) is 0. The van der Waals surface area contributed by atoms with Gasteiger partial charge in [0.1, 0.15) is 5.58 Å². The van der Waals surface area contributed by atoms with Crippen molar-refractivity contribution in [3.8, 4) is 11.4 Å². The molecule has 0 N–H and O–H groups in total. The van der Waals surface area contributed by atoms with Gasteiger partial charge in [0, 0.05) is 49.7 Å². The van der Waals surface area contributed by atoms with Crippen LogP contribution in [0.4, 0.5) is 17.1 Å². The number of benzene rings is 7. The van der Waals surface area contributed by atoms with Crippen LogP contribution < -0.4 is 21.5 Å². The van der Waals surface area contributed by atoms with Gasteiger partial charge < -0.3 is 18.5 Å². The molecule has 10 aromatic rings. The minimum atomic E-state index is -0.104. The normalized spacial score (nSPS) is 13.5. The molecule has 0 spiro atoms. The summed E-state index contributed by atoms with van der Waals surface area (Å²) in [5.74, 6) is 0. The van der Waals surface area contributed by atoms with Crippen LogP contribution in [0.15, 0.2) is 156 Å². The first kappa shape index (κ1) is 29.2. The first-order valence-electron chi connectivity index (χ1n) is 18.6. The Morgan fingerprint density at radius 3 is 2.00 bits per heavy atom. The molecule has 0 saturated heterocycles. The molecule has 2 aliphatic rings. The predicted octanol–water partition coefficient (Wildman–Crippen LogP) is 10.5. The van der Waals surface area contributed by atoms with E-state index in [1.807, 2.05) is 0 Å². The first-order chi connectivity index (χ1) is 26.0. The lowest BCUT2D eigenvalue weighted by molar-refractivity contribution is 0.591. The van der Waals surface area contributed by atoms with Gasteiger partial charge in [-0.3, -0.25) is 0 Å². The van der Waals surface area contributed by atoms with Crippen LogP contribution in [0.5, 0.6) is 0 Å². The van der Waals surface area contributed by atoms with Crippen LogP contribution in [0.3, 0.4) is 0 Å². The highest BCUT2D eigenvalue weighted by molar-refractivity contribution is 7.00. The molecule has 2 aliphatic heterocycles. The average molecular weight is 680 g/mol. The zero-order valence-corrected chi connectivity index (χ0v) is 29.8. The van der Waals surface area contributed by atoms with Crippen molar-refractivity contribution in [2.45, 2.75) is 26.2 Å². The lowest BCUT2D eigenvalue weighted by atomic mass is 9.36. The highest BCUT2D eigenvalue weighted by atomic mass is 16.3. The number of hydrogen-bond acceptors (Lipinski definition) is 2. The fourth-order valence-corrected chi connectivity index (χ4v) is 9.56. The van der Waals surface area contributed by atoms with Crippen molar-refractivity contribution in [3.05, 3.63) is 157 Å². The quantitative estimate of drug-likeness (QED) is 0.170. The lowest BCUT2D eigenvalue weighted by Crippen LogP contribution is -2.60. The number of rotatable bonds is 2. The molecule has 0 radical (unpaired) electrons. The molecule has 5 heteroatoms. The summed E-state index contributed by atoms with van der Waals surface area (Å²) < 4.78 is 12.1. The Kier molecular flexibility index (Phi) is 5.56. The van der Waals surface area contributed by atoms with Gasteiger partial charge in [-0.05, 0) is 88.6 Å². The van der Waals surface area contributed by atoms with Crippen molar-refractivity contribution in [3.63, 3.8) is 0 Å². The van der Waals surface area contributed by atoms with Crippen molar-refractivity contribution >= 4 is 94.9 Å². The molecule has 4 nitrogen and oxygen atoms in total. The third kappa shape index (κ3) is 3.71. The molecule has 5 heterocycles. The minimum Gasteiger partial charge on any atom is -0.468 e. The lowest BCUT2D eigenvalue weighted by Gasteiger charge is -2.38. The number of anilines is 3. The van der Waals surface area contributed by atoms with Crippen LogP contribution in [0.25, 0.3) is 66.0 Å². The summed E-state index contributed by atoms with van der Waals surface area (Å²) in [7, 11) is 0. The minimum absolute atomic E-state index is 0.00500. The van der Waals surface area contributed by atoms with Crippen molar-refractivity contribution in [2.75, 3.05) is 4.90 Å². The standard InChI is InChI=1S/C48H34BN3O/c1-48(2,3)29-25-26-38-34(27-29)35-28-36-46-42(44(35)50(38)30-15-6-4-7-16-30)32-19-10-12-21-37(32)52(46)40-23-14-22-39-43(40)49(36)47-45(33-20-11-13-24-41(33)53-47)51(39)31-17-8-5-9-18-31/h4-28H,1-3H3. The van der Waals surface area contributed by atoms with Gasteiger partial charge in [-0.25, -0.2) is 0 Å². The fourth-order valence-electron chi connectivity index (χ4n) is 9.56. The Hall–Kier alpha value is -6.46. The Morgan fingerprint density at radius 1 is 0.528 bits per heavy atom. The number of para-hydroxylation sites is 4. The predicted molar refractivity (Wildman–Crippen MR) is 223 cm³/mol. The second-order valence-electron chi connectivity index (χ2n) is 15.7. The number of nitrogens with zero attached hydrogens (tertiary/aromatic N) is 3. The zero-order valence-electron chi connectivity index (χ0n) is 29.8. The molecule has 3 aromatic heterocycles. The van der Waals surface area contributed by atoms with E-state index in [2.05, 4.69) is 186 Å². The monoisotopic (exact) mass is 679 g/mol. The SMILES string of the molecule is CC(C)(C)c1ccc2c(c1)c1cc3c4c(c5ccccc5n4-c4cccc5c4B3c3oc4ccccc4c3N5c3ccccc3)c1n2-c1ccccc1. The van der Waals surface area contributed by atoms with E-state index in [1.54, 1.807) is 0 Å². The van der Waals surface area contributed by atoms with Crippen molar-refractivity contribution < 1.29 is 4.42 Å². The van der Waals surface area contributed by atoms with Crippen molar-refractivity contribution in [1.29, 1.82) is 0 Å². The second-order valence-corrected chi connectivity index (χ2v) is 15.7. The van der Waals surface area contributed by atoms with E-state index in [4.69, 9.17) is 4.42 Å². The molecular weight excluding hydrogens is 645 g/mol. The summed E-state index contributed by atoms with van der Waals surface area (Å²) in [4.78, 5) is 2.43. The summed E-state index contributed by atoms with van der Waals surface area (Å²) in [5, 5.41) is 6.21. The van der Waals surface area contributed by atoms with E-state index in [0.717, 1.165) is 33.7 Å². The largest absolute Gasteiger partial charge is 0.468 e. The molecule has 0 saturated carbocycles. The van der Waals surface area contributed by atoms with Crippen LogP contribution in [0.1, 0.15) is 26.3 Å². The van der Waals surface area contributed by atoms with E-state index in [0.29, 0.717) is 0 Å². The fraction of sp³-hybridized carbons (Fsp3) is 0.0833. The molecule has 0 atom stereocenters. The zero-order chi connectivity index (χ0) is 35.2. The van der Waals surface area contributed by atoms with Crippen molar-refractivity contribution in [2.24, 2.45) is 0 Å². The average Bonchev–Trinajstić information content (AvgIpc) is 3.85. The highest BCUT2D eigenvalue weighted by Crippen LogP contribution is 2.47. The summed E-state index contributed by atoms with van der Waals surface area (Å²) in [6.07, 6.45) is 0. The summed E-state index contributed by atoms with van der Waals surface area (Å²) in [6.45, 7) is 6.82. The van der Waals surface area contributed by atoms with Gasteiger partial charge in [0.15, 0.2) is 0 Å². The Bertz CT molecular complexity index is 3160. The van der Waals surface area contributed by atoms with Crippen LogP contribution in [0, 0.1) is 0 Å². The van der Waals surface area contributed by atoms with Gasteiger partial charge in [0.05, 0.1) is 33.4 Å². The van der Waals surface area contributed by atoms with Gasteiger partial charge >= 0.3 is 0 Å². The maximum Gasteiger partial charge on any atom is 0.297 e. The summed E-state index contributed by atoms with van der Waals surface area (Å²) in [5.41, 5.74) is 16.5. The molecular formula is C48H34BN3O. The molecule has 0 fully saturated rings. The maximum absolute atomic E-state index is 7.09.